The summed E-state index contributed by atoms with van der Waals surface area (Å²) in [5.74, 6) is 2.14. The third-order valence-corrected chi connectivity index (χ3v) is 4.93. The number of hydrogen-bond acceptors (Lipinski definition) is 5. The molecule has 1 amide bonds. The topological polar surface area (TPSA) is 75.2 Å². The maximum Gasteiger partial charge on any atom is 0.224 e. The highest BCUT2D eigenvalue weighted by Gasteiger charge is 2.19. The van der Waals surface area contributed by atoms with Crippen molar-refractivity contribution in [1.29, 1.82) is 0 Å². The number of nitrogens with one attached hydrogen (secondary N) is 1. The van der Waals surface area contributed by atoms with Crippen LogP contribution in [0.25, 0.3) is 0 Å². The van der Waals surface area contributed by atoms with Gasteiger partial charge in [-0.3, -0.25) is 9.59 Å². The van der Waals surface area contributed by atoms with E-state index in [1.54, 1.807) is 13.1 Å². The third kappa shape index (κ3) is 6.11. The molecule has 0 unspecified atom stereocenters. The number of carbonyl (C=O) groups is 2. The van der Waals surface area contributed by atoms with Crippen molar-refractivity contribution in [2.24, 2.45) is 5.92 Å². The van der Waals surface area contributed by atoms with Gasteiger partial charge < -0.3 is 10.2 Å². The summed E-state index contributed by atoms with van der Waals surface area (Å²) in [6, 6.07) is 7.82. The van der Waals surface area contributed by atoms with Gasteiger partial charge in [0.05, 0.1) is 0 Å². The van der Waals surface area contributed by atoms with Crippen LogP contribution in [0, 0.1) is 5.92 Å². The van der Waals surface area contributed by atoms with Crippen molar-refractivity contribution >= 4 is 23.2 Å². The lowest BCUT2D eigenvalue weighted by molar-refractivity contribution is -0.117. The number of rotatable bonds is 8. The molecule has 1 aliphatic heterocycles. The fourth-order valence-electron chi connectivity index (χ4n) is 3.59. The zero-order chi connectivity index (χ0) is 20.8. The molecule has 1 saturated heterocycles. The molecular formula is C23H30N4O2. The monoisotopic (exact) mass is 394 g/mol. The van der Waals surface area contributed by atoms with Crippen LogP contribution < -0.4 is 10.2 Å². The molecule has 0 bridgehead atoms. The van der Waals surface area contributed by atoms with E-state index in [2.05, 4.69) is 15.2 Å². The number of nitrogens with zero attached hydrogens (tertiary/aromatic N) is 3. The Balaban J connectivity index is 1.71. The number of Topliss-reactive ketones (excluding diaryl/α,β-unsaturated/α-hetero) is 1. The van der Waals surface area contributed by atoms with Crippen molar-refractivity contribution in [2.45, 2.75) is 52.9 Å². The Kier molecular flexibility index (Phi) is 6.96. The van der Waals surface area contributed by atoms with Gasteiger partial charge in [-0.25, -0.2) is 9.97 Å². The molecule has 0 radical (unpaired) electrons. The van der Waals surface area contributed by atoms with Gasteiger partial charge in [0.15, 0.2) is 0 Å². The molecule has 3 rings (SSSR count). The summed E-state index contributed by atoms with van der Waals surface area (Å²) in [5, 5.41) is 2.93. The highest BCUT2D eigenvalue weighted by Crippen LogP contribution is 2.23. The summed E-state index contributed by atoms with van der Waals surface area (Å²) in [4.78, 5) is 35.1. The van der Waals surface area contributed by atoms with Gasteiger partial charge in [0, 0.05) is 49.8 Å². The molecule has 6 heteroatoms. The minimum absolute atomic E-state index is 0.0346. The summed E-state index contributed by atoms with van der Waals surface area (Å²) in [7, 11) is 0. The predicted octanol–water partition coefficient (Wildman–Crippen LogP) is 3.78. The lowest BCUT2D eigenvalue weighted by Crippen LogP contribution is -2.22. The Morgan fingerprint density at radius 3 is 2.45 bits per heavy atom. The molecule has 2 aromatic rings. The van der Waals surface area contributed by atoms with Crippen molar-refractivity contribution in [3.63, 3.8) is 0 Å². The zero-order valence-electron chi connectivity index (χ0n) is 17.6. The number of anilines is 2. The lowest BCUT2D eigenvalue weighted by atomic mass is 10.1. The first kappa shape index (κ1) is 21.0. The van der Waals surface area contributed by atoms with Gasteiger partial charge in [0.25, 0.3) is 0 Å². The standard InChI is InChI=1S/C23H30N4O2/c1-16(2)12-22(29)25-20-8-6-18(7-9-20)14-21-24-15-19(13-17(3)28)23(26-21)27-10-4-5-11-27/h6-9,15-16H,4-5,10-14H2,1-3H3,(H,25,29). The fraction of sp³-hybridized carbons (Fsp3) is 0.478. The highest BCUT2D eigenvalue weighted by molar-refractivity contribution is 5.90. The van der Waals surface area contributed by atoms with Crippen molar-refractivity contribution in [2.75, 3.05) is 23.3 Å². The highest BCUT2D eigenvalue weighted by atomic mass is 16.1. The molecule has 154 valence electrons. The molecule has 1 fully saturated rings. The quantitative estimate of drug-likeness (QED) is 0.737. The van der Waals surface area contributed by atoms with E-state index in [1.807, 2.05) is 38.1 Å². The summed E-state index contributed by atoms with van der Waals surface area (Å²) in [6.45, 7) is 7.61. The molecule has 1 aromatic heterocycles. The van der Waals surface area contributed by atoms with Gasteiger partial charge >= 0.3 is 0 Å². The van der Waals surface area contributed by atoms with Crippen molar-refractivity contribution in [1.82, 2.24) is 9.97 Å². The van der Waals surface area contributed by atoms with Crippen LogP contribution in [0.15, 0.2) is 30.5 Å². The predicted molar refractivity (Wildman–Crippen MR) is 115 cm³/mol. The van der Waals surface area contributed by atoms with Crippen molar-refractivity contribution in [3.8, 4) is 0 Å². The van der Waals surface area contributed by atoms with Crippen LogP contribution in [-0.4, -0.2) is 34.7 Å². The van der Waals surface area contributed by atoms with E-state index < -0.39 is 0 Å². The van der Waals surface area contributed by atoms with Gasteiger partial charge in [-0.2, -0.15) is 0 Å². The summed E-state index contributed by atoms with van der Waals surface area (Å²) < 4.78 is 0. The molecule has 29 heavy (non-hydrogen) atoms. The van der Waals surface area contributed by atoms with Gasteiger partial charge in [0.1, 0.15) is 17.4 Å². The maximum absolute atomic E-state index is 11.9. The number of carbonyl (C=O) groups excluding carboxylic acids is 2. The molecule has 0 atom stereocenters. The van der Waals surface area contributed by atoms with E-state index in [9.17, 15) is 9.59 Å². The lowest BCUT2D eigenvalue weighted by Gasteiger charge is -2.20. The van der Waals surface area contributed by atoms with E-state index >= 15 is 0 Å². The van der Waals surface area contributed by atoms with E-state index in [-0.39, 0.29) is 11.7 Å². The molecule has 0 aliphatic carbocycles. The van der Waals surface area contributed by atoms with E-state index in [1.165, 1.54) is 0 Å². The first-order valence-corrected chi connectivity index (χ1v) is 10.4. The first-order valence-electron chi connectivity index (χ1n) is 10.4. The Labute approximate surface area is 172 Å². The number of benzene rings is 1. The normalized spacial score (nSPS) is 13.7. The van der Waals surface area contributed by atoms with Crippen molar-refractivity contribution < 1.29 is 9.59 Å². The second kappa shape index (κ2) is 9.63. The molecule has 6 nitrogen and oxygen atoms in total. The third-order valence-electron chi connectivity index (χ3n) is 4.93. The summed E-state index contributed by atoms with van der Waals surface area (Å²) in [5.41, 5.74) is 2.79. The molecule has 1 aliphatic rings. The van der Waals surface area contributed by atoms with Gasteiger partial charge in [-0.05, 0) is 43.4 Å². The minimum Gasteiger partial charge on any atom is -0.356 e. The second-order valence-electron chi connectivity index (χ2n) is 8.23. The Hall–Kier alpha value is -2.76. The van der Waals surface area contributed by atoms with E-state index in [4.69, 9.17) is 4.98 Å². The van der Waals surface area contributed by atoms with Gasteiger partial charge in [-0.1, -0.05) is 26.0 Å². The van der Waals surface area contributed by atoms with Crippen LogP contribution in [0.5, 0.6) is 0 Å². The molecule has 2 heterocycles. The number of ketones is 1. The number of aromatic nitrogens is 2. The van der Waals surface area contributed by atoms with E-state index in [0.717, 1.165) is 54.4 Å². The van der Waals surface area contributed by atoms with Crippen LogP contribution in [0.4, 0.5) is 11.5 Å². The molecule has 1 N–H and O–H groups in total. The maximum atomic E-state index is 11.9. The Morgan fingerprint density at radius 1 is 1.14 bits per heavy atom. The summed E-state index contributed by atoms with van der Waals surface area (Å²) in [6.07, 6.45) is 5.61. The molecular weight excluding hydrogens is 364 g/mol. The van der Waals surface area contributed by atoms with Crippen LogP contribution >= 0.6 is 0 Å². The Morgan fingerprint density at radius 2 is 1.83 bits per heavy atom. The minimum atomic E-state index is 0.0346. The Bertz CT molecular complexity index is 856. The molecule has 0 saturated carbocycles. The van der Waals surface area contributed by atoms with Gasteiger partial charge in [0.2, 0.25) is 5.91 Å². The smallest absolute Gasteiger partial charge is 0.224 e. The number of hydrogen-bond donors (Lipinski definition) is 1. The van der Waals surface area contributed by atoms with Crippen LogP contribution in [-0.2, 0) is 22.4 Å². The van der Waals surface area contributed by atoms with Gasteiger partial charge in [-0.15, -0.1) is 0 Å². The zero-order valence-corrected chi connectivity index (χ0v) is 17.6. The fourth-order valence-corrected chi connectivity index (χ4v) is 3.59. The van der Waals surface area contributed by atoms with Crippen molar-refractivity contribution in [3.05, 3.63) is 47.4 Å². The second-order valence-corrected chi connectivity index (χ2v) is 8.23. The van der Waals surface area contributed by atoms with E-state index in [0.29, 0.717) is 25.2 Å². The van der Waals surface area contributed by atoms with Crippen LogP contribution in [0.3, 0.4) is 0 Å². The number of amides is 1. The SMILES string of the molecule is CC(=O)Cc1cnc(Cc2ccc(NC(=O)CC(C)C)cc2)nc1N1CCCC1. The largest absolute Gasteiger partial charge is 0.356 e. The summed E-state index contributed by atoms with van der Waals surface area (Å²) >= 11 is 0. The average Bonchev–Trinajstić information content (AvgIpc) is 3.18. The molecule has 0 spiro atoms. The van der Waals surface area contributed by atoms with Crippen LogP contribution in [0.2, 0.25) is 0 Å². The van der Waals surface area contributed by atoms with Crippen LogP contribution in [0.1, 0.15) is 57.0 Å². The molecule has 1 aromatic carbocycles. The first-order chi connectivity index (χ1) is 13.9. The average molecular weight is 395 g/mol.